The maximum Gasteiger partial charge on any atom is 0.248 e. The number of primary amides is 1. The highest BCUT2D eigenvalue weighted by atomic mass is 35.5. The molecule has 0 saturated carbocycles. The zero-order valence-corrected chi connectivity index (χ0v) is 22.4. The van der Waals surface area contributed by atoms with Crippen LogP contribution >= 0.6 is 23.2 Å². The van der Waals surface area contributed by atoms with Crippen molar-refractivity contribution in [2.24, 2.45) is 5.73 Å². The lowest BCUT2D eigenvalue weighted by Crippen LogP contribution is -2.29. The lowest BCUT2D eigenvalue weighted by molar-refractivity contribution is -0.117. The fraction of sp³-hybridized carbons (Fsp3) is 0.192. The number of rotatable bonds is 10. The van der Waals surface area contributed by atoms with Crippen molar-refractivity contribution in [3.05, 3.63) is 81.7 Å². The number of nitrogens with zero attached hydrogens (tertiary/aromatic N) is 3. The van der Waals surface area contributed by atoms with Crippen LogP contribution in [0, 0.1) is 0 Å². The molecule has 2 aromatic carbocycles. The number of nitrogens with one attached hydrogen (secondary N) is 1. The van der Waals surface area contributed by atoms with E-state index in [9.17, 15) is 14.4 Å². The Morgan fingerprint density at radius 1 is 1.08 bits per heavy atom. The third-order valence-electron chi connectivity index (χ3n) is 5.63. The predicted molar refractivity (Wildman–Crippen MR) is 145 cm³/mol. The molecule has 0 atom stereocenters. The summed E-state index contributed by atoms with van der Waals surface area (Å²) in [6.45, 7) is 3.44. The lowest BCUT2D eigenvalue weighted by atomic mass is 10.0. The summed E-state index contributed by atoms with van der Waals surface area (Å²) in [6, 6.07) is 7.87. The van der Waals surface area contributed by atoms with Crippen molar-refractivity contribution in [3.8, 4) is 11.5 Å². The van der Waals surface area contributed by atoms with Gasteiger partial charge in [-0.05, 0) is 23.8 Å². The third kappa shape index (κ3) is 6.39. The molecule has 198 valence electrons. The number of aromatic nitrogens is 2. The lowest BCUT2D eigenvalue weighted by Gasteiger charge is -2.19. The van der Waals surface area contributed by atoms with Crippen molar-refractivity contribution in [2.45, 2.75) is 12.8 Å². The minimum absolute atomic E-state index is 0.145. The molecule has 3 rings (SSSR count). The van der Waals surface area contributed by atoms with Crippen molar-refractivity contribution in [1.29, 1.82) is 0 Å². The SMILES string of the molecule is C=CC(=O)Nc1cc(C(N)=O)ccc1Cc1cc(N(C)C(=O)Cc2c(Cl)c(OC)cc(OC)c2Cl)ncn1. The van der Waals surface area contributed by atoms with E-state index in [1.807, 2.05) is 0 Å². The van der Waals surface area contributed by atoms with Crippen LogP contribution in [-0.2, 0) is 22.4 Å². The normalized spacial score (nSPS) is 10.4. The van der Waals surface area contributed by atoms with Crippen LogP contribution in [0.3, 0.4) is 0 Å². The molecular formula is C26H25Cl2N5O5. The van der Waals surface area contributed by atoms with Crippen LogP contribution in [0.2, 0.25) is 10.0 Å². The summed E-state index contributed by atoms with van der Waals surface area (Å²) in [5.41, 5.74) is 7.55. The maximum atomic E-state index is 13.2. The van der Waals surface area contributed by atoms with E-state index in [1.54, 1.807) is 31.3 Å². The van der Waals surface area contributed by atoms with Gasteiger partial charge in [0.25, 0.3) is 0 Å². The van der Waals surface area contributed by atoms with E-state index >= 15 is 0 Å². The van der Waals surface area contributed by atoms with Crippen LogP contribution in [0.4, 0.5) is 11.5 Å². The Hall–Kier alpha value is -4.15. The van der Waals surface area contributed by atoms with Gasteiger partial charge in [0, 0.05) is 42.4 Å². The number of hydrogen-bond donors (Lipinski definition) is 2. The van der Waals surface area contributed by atoms with E-state index in [4.69, 9.17) is 38.4 Å². The van der Waals surface area contributed by atoms with Gasteiger partial charge < -0.3 is 20.5 Å². The molecule has 3 aromatic rings. The molecule has 1 heterocycles. The minimum atomic E-state index is -0.635. The van der Waals surface area contributed by atoms with Crippen LogP contribution < -0.4 is 25.4 Å². The fourth-order valence-electron chi connectivity index (χ4n) is 3.53. The van der Waals surface area contributed by atoms with Gasteiger partial charge in [-0.3, -0.25) is 19.3 Å². The summed E-state index contributed by atoms with van der Waals surface area (Å²) in [7, 11) is 4.46. The van der Waals surface area contributed by atoms with Gasteiger partial charge in [-0.25, -0.2) is 9.97 Å². The second-order valence-corrected chi connectivity index (χ2v) is 8.75. The standard InChI is InChI=1S/C26H25Cl2N5O5/c1-5-22(34)32-18-9-15(26(29)36)7-6-14(18)8-16-10-21(31-13-30-16)33(2)23(35)11-17-24(27)19(37-3)12-20(38-4)25(17)28/h5-7,9-10,12-13H,1,8,11H2,2-4H3,(H2,29,36)(H,32,34). The number of carbonyl (C=O) groups excluding carboxylic acids is 3. The second-order valence-electron chi connectivity index (χ2n) is 7.99. The van der Waals surface area contributed by atoms with Gasteiger partial charge in [-0.15, -0.1) is 0 Å². The largest absolute Gasteiger partial charge is 0.495 e. The number of halogens is 2. The van der Waals surface area contributed by atoms with Crippen LogP contribution in [0.15, 0.2) is 49.3 Å². The first-order valence-electron chi connectivity index (χ1n) is 11.1. The number of anilines is 2. The highest BCUT2D eigenvalue weighted by Gasteiger charge is 2.22. The van der Waals surface area contributed by atoms with Gasteiger partial charge in [-0.2, -0.15) is 0 Å². The van der Waals surface area contributed by atoms with E-state index in [-0.39, 0.29) is 34.4 Å². The van der Waals surface area contributed by atoms with E-state index in [1.165, 1.54) is 31.5 Å². The zero-order valence-electron chi connectivity index (χ0n) is 20.9. The summed E-state index contributed by atoms with van der Waals surface area (Å²) in [6.07, 6.45) is 2.55. The van der Waals surface area contributed by atoms with E-state index < -0.39 is 11.8 Å². The molecule has 3 N–H and O–H groups in total. The molecule has 0 radical (unpaired) electrons. The highest BCUT2D eigenvalue weighted by Crippen LogP contribution is 2.40. The van der Waals surface area contributed by atoms with Crippen LogP contribution in [0.1, 0.15) is 27.2 Å². The van der Waals surface area contributed by atoms with Gasteiger partial charge in [0.05, 0.1) is 36.4 Å². The molecule has 0 saturated heterocycles. The first-order chi connectivity index (χ1) is 18.1. The minimum Gasteiger partial charge on any atom is -0.495 e. The molecule has 0 bridgehead atoms. The van der Waals surface area contributed by atoms with E-state index in [0.29, 0.717) is 39.8 Å². The Bertz CT molecular complexity index is 1380. The molecule has 0 aliphatic carbocycles. The second kappa shape index (κ2) is 12.4. The fourth-order valence-corrected chi connectivity index (χ4v) is 4.17. The van der Waals surface area contributed by atoms with Gasteiger partial charge in [0.15, 0.2) is 0 Å². The van der Waals surface area contributed by atoms with Crippen molar-refractivity contribution in [3.63, 3.8) is 0 Å². The van der Waals surface area contributed by atoms with Crippen molar-refractivity contribution in [2.75, 3.05) is 31.5 Å². The quantitative estimate of drug-likeness (QED) is 0.361. The summed E-state index contributed by atoms with van der Waals surface area (Å²) >= 11 is 12.8. The molecule has 10 nitrogen and oxygen atoms in total. The molecule has 0 spiro atoms. The predicted octanol–water partition coefficient (Wildman–Crippen LogP) is 3.82. The summed E-state index contributed by atoms with van der Waals surface area (Å²) < 4.78 is 10.5. The average molecular weight is 558 g/mol. The maximum absolute atomic E-state index is 13.2. The first kappa shape index (κ1) is 28.4. The van der Waals surface area contributed by atoms with E-state index in [0.717, 1.165) is 6.08 Å². The molecule has 1 aromatic heterocycles. The van der Waals surface area contributed by atoms with Crippen LogP contribution in [-0.4, -0.2) is 49.0 Å². The highest BCUT2D eigenvalue weighted by molar-refractivity contribution is 6.38. The zero-order chi connectivity index (χ0) is 28.0. The molecular weight excluding hydrogens is 533 g/mol. The Morgan fingerprint density at radius 2 is 1.74 bits per heavy atom. The number of nitrogens with two attached hydrogens (primary N) is 1. The number of ether oxygens (including phenoxy) is 2. The number of carbonyl (C=O) groups is 3. The molecule has 0 aliphatic heterocycles. The smallest absolute Gasteiger partial charge is 0.248 e. The number of methoxy groups -OCH3 is 2. The Balaban J connectivity index is 1.87. The topological polar surface area (TPSA) is 137 Å². The third-order valence-corrected chi connectivity index (χ3v) is 6.46. The Labute approximate surface area is 229 Å². The Kier molecular flexibility index (Phi) is 9.27. The van der Waals surface area contributed by atoms with Crippen LogP contribution in [0.5, 0.6) is 11.5 Å². The summed E-state index contributed by atoms with van der Waals surface area (Å²) in [5, 5.41) is 3.08. The number of amides is 3. The van der Waals surface area contributed by atoms with Crippen LogP contribution in [0.25, 0.3) is 0 Å². The monoisotopic (exact) mass is 557 g/mol. The number of likely N-dealkylation sites (N-methyl/N-ethyl adjacent to an activating group) is 1. The van der Waals surface area contributed by atoms with Gasteiger partial charge in [0.1, 0.15) is 23.6 Å². The Morgan fingerprint density at radius 3 is 2.32 bits per heavy atom. The van der Waals surface area contributed by atoms with Gasteiger partial charge in [0.2, 0.25) is 17.7 Å². The van der Waals surface area contributed by atoms with Crippen molar-refractivity contribution < 1.29 is 23.9 Å². The number of hydrogen-bond acceptors (Lipinski definition) is 7. The molecule has 0 unspecified atom stereocenters. The molecule has 3 amide bonds. The number of benzene rings is 2. The summed E-state index contributed by atoms with van der Waals surface area (Å²) in [5.74, 6) is -0.461. The van der Waals surface area contributed by atoms with Crippen molar-refractivity contribution >= 4 is 52.4 Å². The first-order valence-corrected chi connectivity index (χ1v) is 11.9. The van der Waals surface area contributed by atoms with Crippen molar-refractivity contribution in [1.82, 2.24) is 9.97 Å². The molecule has 0 aliphatic rings. The average Bonchev–Trinajstić information content (AvgIpc) is 2.91. The van der Waals surface area contributed by atoms with Gasteiger partial charge >= 0.3 is 0 Å². The summed E-state index contributed by atoms with van der Waals surface area (Å²) in [4.78, 5) is 46.5. The van der Waals surface area contributed by atoms with E-state index in [2.05, 4.69) is 21.9 Å². The van der Waals surface area contributed by atoms with Gasteiger partial charge in [-0.1, -0.05) is 35.8 Å². The molecule has 0 fully saturated rings. The molecule has 12 heteroatoms. The molecule has 38 heavy (non-hydrogen) atoms.